The molecular weight excluding hydrogens is 352 g/mol. The summed E-state index contributed by atoms with van der Waals surface area (Å²) in [6.45, 7) is 7.02. The Bertz CT molecular complexity index is 532. The zero-order valence-electron chi connectivity index (χ0n) is 19.1. The molecular formula is C27H46Si. The fourth-order valence-electron chi connectivity index (χ4n) is 6.03. The molecule has 1 atom stereocenters. The molecule has 1 aliphatic heterocycles. The molecule has 1 aliphatic carbocycles. The summed E-state index contributed by atoms with van der Waals surface area (Å²) < 4.78 is 0. The normalized spacial score (nSPS) is 29.5. The third kappa shape index (κ3) is 6.47. The van der Waals surface area contributed by atoms with Crippen LogP contribution in [0.5, 0.6) is 0 Å². The lowest BCUT2D eigenvalue weighted by Gasteiger charge is -2.37. The molecule has 0 radical (unpaired) electrons. The van der Waals surface area contributed by atoms with Crippen LogP contribution >= 0.6 is 0 Å². The van der Waals surface area contributed by atoms with Crippen molar-refractivity contribution >= 4 is 8.80 Å². The summed E-state index contributed by atoms with van der Waals surface area (Å²) in [7, 11) is -0.330. The van der Waals surface area contributed by atoms with Crippen LogP contribution in [0.25, 0.3) is 0 Å². The number of hydrogen-bond donors (Lipinski definition) is 0. The van der Waals surface area contributed by atoms with E-state index < -0.39 is 0 Å². The molecule has 0 nitrogen and oxygen atoms in total. The molecule has 1 saturated heterocycles. The molecule has 0 N–H and O–H groups in total. The molecule has 2 aliphatic rings. The van der Waals surface area contributed by atoms with Crippen molar-refractivity contribution in [1.29, 1.82) is 0 Å². The van der Waals surface area contributed by atoms with Crippen molar-refractivity contribution in [2.24, 2.45) is 17.8 Å². The summed E-state index contributed by atoms with van der Waals surface area (Å²) >= 11 is 0. The van der Waals surface area contributed by atoms with Crippen LogP contribution in [0.2, 0.25) is 18.1 Å². The minimum Gasteiger partial charge on any atom is -0.0654 e. The smallest absolute Gasteiger partial charge is 0.0368 e. The maximum Gasteiger partial charge on any atom is 0.0368 e. The Balaban J connectivity index is 1.40. The first kappa shape index (κ1) is 22.1. The fraction of sp³-hybridized carbons (Fsp3) is 0.778. The average Bonchev–Trinajstić information content (AvgIpc) is 2.75. The van der Waals surface area contributed by atoms with Crippen LogP contribution in [-0.4, -0.2) is 8.80 Å². The highest BCUT2D eigenvalue weighted by atomic mass is 28.3. The van der Waals surface area contributed by atoms with E-state index in [0.29, 0.717) is 0 Å². The van der Waals surface area contributed by atoms with Crippen LogP contribution < -0.4 is 0 Å². The summed E-state index contributed by atoms with van der Waals surface area (Å²) in [5.41, 5.74) is 3.16. The molecule has 2 fully saturated rings. The van der Waals surface area contributed by atoms with E-state index in [0.717, 1.165) is 23.7 Å². The largest absolute Gasteiger partial charge is 0.0654 e. The monoisotopic (exact) mass is 398 g/mol. The molecule has 0 aromatic heterocycles. The minimum atomic E-state index is -0.330. The number of hydrogen-bond acceptors (Lipinski definition) is 0. The third-order valence-corrected chi connectivity index (χ3v) is 11.8. The van der Waals surface area contributed by atoms with Crippen LogP contribution in [0.3, 0.4) is 0 Å². The van der Waals surface area contributed by atoms with Gasteiger partial charge in [0, 0.05) is 8.80 Å². The van der Waals surface area contributed by atoms with Gasteiger partial charge in [0.25, 0.3) is 0 Å². The number of benzene rings is 1. The quantitative estimate of drug-likeness (QED) is 0.289. The van der Waals surface area contributed by atoms with Gasteiger partial charge < -0.3 is 0 Å². The van der Waals surface area contributed by atoms with Gasteiger partial charge >= 0.3 is 0 Å². The highest BCUT2D eigenvalue weighted by Crippen LogP contribution is 2.43. The first-order chi connectivity index (χ1) is 13.7. The summed E-state index contributed by atoms with van der Waals surface area (Å²) in [5, 5.41) is 0. The van der Waals surface area contributed by atoms with Gasteiger partial charge in [0.1, 0.15) is 0 Å². The van der Waals surface area contributed by atoms with Crippen LogP contribution in [0.15, 0.2) is 24.3 Å². The summed E-state index contributed by atoms with van der Waals surface area (Å²) in [5.74, 6) is 3.81. The molecule has 28 heavy (non-hydrogen) atoms. The fourth-order valence-corrected chi connectivity index (χ4v) is 9.56. The van der Waals surface area contributed by atoms with Crippen molar-refractivity contribution in [1.82, 2.24) is 0 Å². The van der Waals surface area contributed by atoms with Gasteiger partial charge in [0.05, 0.1) is 0 Å². The lowest BCUT2D eigenvalue weighted by atomic mass is 9.72. The van der Waals surface area contributed by atoms with Crippen molar-refractivity contribution in [3.05, 3.63) is 35.4 Å². The second-order valence-corrected chi connectivity index (χ2v) is 13.8. The Morgan fingerprint density at radius 2 is 1.50 bits per heavy atom. The SMILES string of the molecule is CCCCC[Si@H]1CC[C@H](C2CCC(c3ccc(C[C@@H](C)CC)cc3)CC2)CC1. The molecule has 1 heteroatoms. The maximum atomic E-state index is 2.45. The highest BCUT2D eigenvalue weighted by molar-refractivity contribution is 6.58. The molecule has 3 rings (SSSR count). The Labute approximate surface area is 177 Å². The molecule has 1 aromatic carbocycles. The lowest BCUT2D eigenvalue weighted by molar-refractivity contribution is 0.216. The summed E-state index contributed by atoms with van der Waals surface area (Å²) in [6, 6.07) is 14.7. The van der Waals surface area contributed by atoms with E-state index in [2.05, 4.69) is 45.0 Å². The first-order valence-corrected chi connectivity index (χ1v) is 15.2. The third-order valence-electron chi connectivity index (χ3n) is 8.28. The van der Waals surface area contributed by atoms with E-state index in [-0.39, 0.29) is 8.80 Å². The van der Waals surface area contributed by atoms with Gasteiger partial charge in [-0.3, -0.25) is 0 Å². The van der Waals surface area contributed by atoms with E-state index in [1.807, 2.05) is 0 Å². The van der Waals surface area contributed by atoms with Crippen LogP contribution in [-0.2, 0) is 6.42 Å². The van der Waals surface area contributed by atoms with Crippen molar-refractivity contribution < 1.29 is 0 Å². The minimum absolute atomic E-state index is 0.330. The topological polar surface area (TPSA) is 0 Å². The van der Waals surface area contributed by atoms with E-state index in [4.69, 9.17) is 0 Å². The molecule has 0 amide bonds. The maximum absolute atomic E-state index is 2.45. The Morgan fingerprint density at radius 3 is 2.11 bits per heavy atom. The highest BCUT2D eigenvalue weighted by Gasteiger charge is 2.31. The van der Waals surface area contributed by atoms with Gasteiger partial charge in [-0.15, -0.1) is 0 Å². The van der Waals surface area contributed by atoms with E-state index in [1.54, 1.807) is 43.0 Å². The molecule has 0 unspecified atom stereocenters. The zero-order valence-corrected chi connectivity index (χ0v) is 20.3. The van der Waals surface area contributed by atoms with Crippen LogP contribution in [0.1, 0.15) is 102 Å². The van der Waals surface area contributed by atoms with Gasteiger partial charge in [0.15, 0.2) is 0 Å². The Morgan fingerprint density at radius 1 is 0.857 bits per heavy atom. The van der Waals surface area contributed by atoms with Crippen molar-refractivity contribution in [2.75, 3.05) is 0 Å². The second kappa shape index (κ2) is 11.6. The second-order valence-electron chi connectivity index (χ2n) is 10.3. The average molecular weight is 399 g/mol. The molecule has 0 bridgehead atoms. The van der Waals surface area contributed by atoms with E-state index in [9.17, 15) is 0 Å². The van der Waals surface area contributed by atoms with Crippen molar-refractivity contribution in [2.45, 2.75) is 115 Å². The predicted octanol–water partition coefficient (Wildman–Crippen LogP) is 8.38. The molecule has 158 valence electrons. The zero-order chi connectivity index (χ0) is 19.8. The van der Waals surface area contributed by atoms with Gasteiger partial charge in [-0.2, -0.15) is 0 Å². The van der Waals surface area contributed by atoms with Gasteiger partial charge in [-0.1, -0.05) is 102 Å². The molecule has 0 spiro atoms. The lowest BCUT2D eigenvalue weighted by Crippen LogP contribution is -2.28. The summed E-state index contributed by atoms with van der Waals surface area (Å²) in [6.07, 6.45) is 16.1. The van der Waals surface area contributed by atoms with Gasteiger partial charge in [0.2, 0.25) is 0 Å². The molecule has 1 heterocycles. The van der Waals surface area contributed by atoms with E-state index in [1.165, 1.54) is 56.9 Å². The van der Waals surface area contributed by atoms with Crippen LogP contribution in [0.4, 0.5) is 0 Å². The standard InChI is InChI=1S/C27H46Si/c1-4-6-7-18-28-19-16-27(17-20-28)26-14-12-25(13-15-26)24-10-8-23(9-11-24)21-22(3)5-2/h8-11,22,25-28H,4-7,12-21H2,1-3H3/t22-,25?,26?,27-,28-/m0/s1. The molecule has 1 saturated carbocycles. The van der Waals surface area contributed by atoms with Gasteiger partial charge in [-0.25, -0.2) is 0 Å². The predicted molar refractivity (Wildman–Crippen MR) is 128 cm³/mol. The molecule has 1 aromatic rings. The van der Waals surface area contributed by atoms with Crippen molar-refractivity contribution in [3.63, 3.8) is 0 Å². The van der Waals surface area contributed by atoms with E-state index >= 15 is 0 Å². The van der Waals surface area contributed by atoms with Crippen molar-refractivity contribution in [3.8, 4) is 0 Å². The number of unbranched alkanes of at least 4 members (excludes halogenated alkanes) is 2. The van der Waals surface area contributed by atoms with Crippen LogP contribution in [0, 0.1) is 17.8 Å². The summed E-state index contributed by atoms with van der Waals surface area (Å²) in [4.78, 5) is 0. The number of rotatable bonds is 9. The van der Waals surface area contributed by atoms with Gasteiger partial charge in [-0.05, 0) is 66.9 Å². The first-order valence-electron chi connectivity index (χ1n) is 12.8. The Kier molecular flexibility index (Phi) is 9.15. The Hall–Kier alpha value is -0.563.